The summed E-state index contributed by atoms with van der Waals surface area (Å²) in [4.78, 5) is 0. The second-order valence-electron chi connectivity index (χ2n) is 4.23. The maximum Gasteiger partial charge on any atom is 0.125 e. The molecule has 100 valence electrons. The van der Waals surface area contributed by atoms with E-state index in [0.717, 1.165) is 5.56 Å². The molecule has 0 fully saturated rings. The van der Waals surface area contributed by atoms with E-state index in [2.05, 4.69) is 0 Å². The molecule has 0 radical (unpaired) electrons. The third-order valence-electron chi connectivity index (χ3n) is 2.79. The minimum absolute atomic E-state index is 0.0899. The van der Waals surface area contributed by atoms with Crippen LogP contribution in [0.1, 0.15) is 16.7 Å². The molecule has 0 aromatic heterocycles. The van der Waals surface area contributed by atoms with Gasteiger partial charge in [-0.3, -0.25) is 0 Å². The third-order valence-corrected chi connectivity index (χ3v) is 2.79. The molecule has 0 amide bonds. The lowest BCUT2D eigenvalue weighted by molar-refractivity contribution is 0.259. The van der Waals surface area contributed by atoms with Gasteiger partial charge in [-0.2, -0.15) is 0 Å². The molecule has 0 saturated carbocycles. The highest BCUT2D eigenvalue weighted by Crippen LogP contribution is 2.19. The zero-order valence-corrected chi connectivity index (χ0v) is 10.5. The van der Waals surface area contributed by atoms with E-state index in [0.29, 0.717) is 16.9 Å². The minimum Gasteiger partial charge on any atom is -0.489 e. The van der Waals surface area contributed by atoms with Crippen LogP contribution in [0, 0.1) is 5.82 Å². The highest BCUT2D eigenvalue weighted by Gasteiger charge is 2.04. The highest BCUT2D eigenvalue weighted by molar-refractivity contribution is 5.33. The summed E-state index contributed by atoms with van der Waals surface area (Å²) in [5.41, 5.74) is 7.65. The van der Waals surface area contributed by atoms with Crippen molar-refractivity contribution in [1.29, 1.82) is 0 Å². The van der Waals surface area contributed by atoms with Crippen molar-refractivity contribution in [3.63, 3.8) is 0 Å². The molecule has 19 heavy (non-hydrogen) atoms. The van der Waals surface area contributed by atoms with Crippen LogP contribution in [0.2, 0.25) is 0 Å². The lowest BCUT2D eigenvalue weighted by Crippen LogP contribution is -2.02. The molecule has 2 aromatic rings. The van der Waals surface area contributed by atoms with Crippen molar-refractivity contribution < 1.29 is 14.2 Å². The van der Waals surface area contributed by atoms with Crippen molar-refractivity contribution in [1.82, 2.24) is 0 Å². The first-order valence-electron chi connectivity index (χ1n) is 6.03. The summed E-state index contributed by atoms with van der Waals surface area (Å²) < 4.78 is 18.9. The van der Waals surface area contributed by atoms with Gasteiger partial charge >= 0.3 is 0 Å². The second kappa shape index (κ2) is 6.31. The number of hydrogen-bond donors (Lipinski definition) is 2. The lowest BCUT2D eigenvalue weighted by atomic mass is 10.1. The Kier molecular flexibility index (Phi) is 4.49. The zero-order chi connectivity index (χ0) is 13.7. The van der Waals surface area contributed by atoms with Crippen molar-refractivity contribution in [3.05, 3.63) is 65.0 Å². The van der Waals surface area contributed by atoms with Crippen LogP contribution in [0.3, 0.4) is 0 Å². The summed E-state index contributed by atoms with van der Waals surface area (Å²) in [6, 6.07) is 11.8. The fourth-order valence-electron chi connectivity index (χ4n) is 1.85. The van der Waals surface area contributed by atoms with Crippen LogP contribution in [-0.2, 0) is 19.8 Å². The Bertz CT molecular complexity index is 558. The van der Waals surface area contributed by atoms with Crippen LogP contribution in [0.25, 0.3) is 0 Å². The van der Waals surface area contributed by atoms with Crippen molar-refractivity contribution in [2.75, 3.05) is 0 Å². The second-order valence-corrected chi connectivity index (χ2v) is 4.23. The summed E-state index contributed by atoms with van der Waals surface area (Å²) in [5, 5.41) is 9.19. The van der Waals surface area contributed by atoms with Gasteiger partial charge in [0.25, 0.3) is 0 Å². The molecule has 0 aliphatic carbocycles. The first-order valence-corrected chi connectivity index (χ1v) is 6.03. The van der Waals surface area contributed by atoms with E-state index < -0.39 is 0 Å². The summed E-state index contributed by atoms with van der Waals surface area (Å²) in [6.45, 7) is 0.438. The lowest BCUT2D eigenvalue weighted by Gasteiger charge is -2.10. The number of aliphatic hydroxyl groups is 1. The molecule has 0 bridgehead atoms. The topological polar surface area (TPSA) is 55.5 Å². The summed E-state index contributed by atoms with van der Waals surface area (Å²) in [7, 11) is 0. The molecule has 0 aliphatic heterocycles. The summed E-state index contributed by atoms with van der Waals surface area (Å²) >= 11 is 0. The van der Waals surface area contributed by atoms with Crippen LogP contribution < -0.4 is 10.5 Å². The van der Waals surface area contributed by atoms with Crippen molar-refractivity contribution in [3.8, 4) is 5.75 Å². The molecule has 4 heteroatoms. The number of rotatable bonds is 5. The summed E-state index contributed by atoms with van der Waals surface area (Å²) in [5.74, 6) is 0.278. The van der Waals surface area contributed by atoms with E-state index in [1.165, 1.54) is 12.1 Å². The molecule has 0 saturated heterocycles. The van der Waals surface area contributed by atoms with Gasteiger partial charge in [0.05, 0.1) is 6.61 Å². The molecule has 2 rings (SSSR count). The van der Waals surface area contributed by atoms with Gasteiger partial charge < -0.3 is 15.6 Å². The standard InChI is InChI=1S/C15H16FNO2/c16-14-6-11(8-17)5-12(7-14)10-19-15-4-2-1-3-13(15)9-18/h1-7,18H,8-10,17H2. The Labute approximate surface area is 111 Å². The van der Waals surface area contributed by atoms with E-state index in [4.69, 9.17) is 10.5 Å². The monoisotopic (exact) mass is 261 g/mol. The van der Waals surface area contributed by atoms with Crippen LogP contribution in [0.15, 0.2) is 42.5 Å². The third kappa shape index (κ3) is 3.53. The predicted octanol–water partition coefficient (Wildman–Crippen LogP) is 2.36. The smallest absolute Gasteiger partial charge is 0.125 e. The average Bonchev–Trinajstić information content (AvgIpc) is 2.44. The molecular weight excluding hydrogens is 245 g/mol. The van der Waals surface area contributed by atoms with Crippen molar-refractivity contribution >= 4 is 0 Å². The SMILES string of the molecule is NCc1cc(F)cc(COc2ccccc2CO)c1. The Morgan fingerprint density at radius 2 is 1.84 bits per heavy atom. The van der Waals surface area contributed by atoms with Gasteiger partial charge in [0.1, 0.15) is 18.2 Å². The number of hydrogen-bond acceptors (Lipinski definition) is 3. The Hall–Kier alpha value is -1.91. The van der Waals surface area contributed by atoms with Gasteiger partial charge in [-0.1, -0.05) is 24.3 Å². The number of benzene rings is 2. The molecule has 3 N–H and O–H groups in total. The van der Waals surface area contributed by atoms with E-state index in [9.17, 15) is 9.50 Å². The number of aliphatic hydroxyl groups excluding tert-OH is 1. The average molecular weight is 261 g/mol. The fraction of sp³-hybridized carbons (Fsp3) is 0.200. The Morgan fingerprint density at radius 3 is 2.58 bits per heavy atom. The largest absolute Gasteiger partial charge is 0.489 e. The van der Waals surface area contributed by atoms with Gasteiger partial charge in [0.2, 0.25) is 0 Å². The number of ether oxygens (including phenoxy) is 1. The van der Waals surface area contributed by atoms with Crippen molar-refractivity contribution in [2.45, 2.75) is 19.8 Å². The van der Waals surface area contributed by atoms with Crippen LogP contribution in [0.4, 0.5) is 4.39 Å². The Morgan fingerprint density at radius 1 is 1.11 bits per heavy atom. The molecule has 0 unspecified atom stereocenters. The maximum absolute atomic E-state index is 13.3. The van der Waals surface area contributed by atoms with E-state index in [1.54, 1.807) is 12.1 Å². The van der Waals surface area contributed by atoms with E-state index >= 15 is 0 Å². The highest BCUT2D eigenvalue weighted by atomic mass is 19.1. The normalized spacial score (nSPS) is 10.5. The van der Waals surface area contributed by atoms with Gasteiger partial charge in [-0.25, -0.2) is 4.39 Å². The molecule has 0 aliphatic rings. The maximum atomic E-state index is 13.3. The van der Waals surface area contributed by atoms with Gasteiger partial charge in [0, 0.05) is 12.1 Å². The first kappa shape index (κ1) is 13.5. The summed E-state index contributed by atoms with van der Waals surface area (Å²) in [6.07, 6.45) is 0. The number of para-hydroxylation sites is 1. The van der Waals surface area contributed by atoms with Gasteiger partial charge in [-0.15, -0.1) is 0 Å². The van der Waals surface area contributed by atoms with E-state index in [1.807, 2.05) is 18.2 Å². The van der Waals surface area contributed by atoms with Crippen LogP contribution in [-0.4, -0.2) is 5.11 Å². The number of halogens is 1. The van der Waals surface area contributed by atoms with Crippen LogP contribution >= 0.6 is 0 Å². The van der Waals surface area contributed by atoms with Crippen molar-refractivity contribution in [2.24, 2.45) is 5.73 Å². The molecular formula is C15H16FNO2. The molecule has 0 atom stereocenters. The molecule has 3 nitrogen and oxygen atoms in total. The molecule has 0 heterocycles. The zero-order valence-electron chi connectivity index (χ0n) is 10.5. The first-order chi connectivity index (χ1) is 9.22. The Balaban J connectivity index is 2.12. The fourth-order valence-corrected chi connectivity index (χ4v) is 1.85. The minimum atomic E-state index is -0.322. The number of nitrogens with two attached hydrogens (primary N) is 1. The van der Waals surface area contributed by atoms with Crippen LogP contribution in [0.5, 0.6) is 5.75 Å². The van der Waals surface area contributed by atoms with Gasteiger partial charge in [-0.05, 0) is 29.3 Å². The molecule has 2 aromatic carbocycles. The predicted molar refractivity (Wildman–Crippen MR) is 71.0 cm³/mol. The quantitative estimate of drug-likeness (QED) is 0.868. The van der Waals surface area contributed by atoms with E-state index in [-0.39, 0.29) is 25.6 Å². The van der Waals surface area contributed by atoms with Gasteiger partial charge in [0.15, 0.2) is 0 Å². The molecule has 0 spiro atoms.